The Hall–Kier alpha value is -2.30. The first-order valence-corrected chi connectivity index (χ1v) is 12.7. The Morgan fingerprint density at radius 3 is 2.59 bits per heavy atom. The van der Waals surface area contributed by atoms with Crippen molar-refractivity contribution in [3.05, 3.63) is 69.4 Å². The molecular formula is C24H24IN5OS. The van der Waals surface area contributed by atoms with Gasteiger partial charge in [0.2, 0.25) is 5.95 Å². The molecule has 0 spiro atoms. The second-order valence-corrected chi connectivity index (χ2v) is 10.4. The van der Waals surface area contributed by atoms with Crippen LogP contribution in [-0.4, -0.2) is 32.2 Å². The topological polar surface area (TPSA) is 83.0 Å². The van der Waals surface area contributed by atoms with Crippen molar-refractivity contribution < 1.29 is 5.11 Å². The van der Waals surface area contributed by atoms with E-state index in [1.165, 1.54) is 9.13 Å². The maximum Gasteiger partial charge on any atom is 0.225 e. The highest BCUT2D eigenvalue weighted by Crippen LogP contribution is 2.30. The summed E-state index contributed by atoms with van der Waals surface area (Å²) in [5.41, 5.74) is 3.14. The van der Waals surface area contributed by atoms with Crippen LogP contribution in [0.1, 0.15) is 36.9 Å². The number of hydrogen-bond acceptors (Lipinski definition) is 7. The third kappa shape index (κ3) is 5.36. The maximum absolute atomic E-state index is 9.81. The molecule has 0 radical (unpaired) electrons. The fourth-order valence-corrected chi connectivity index (χ4v) is 5.60. The molecule has 6 nitrogen and oxygen atoms in total. The molecule has 3 N–H and O–H groups in total. The van der Waals surface area contributed by atoms with E-state index in [4.69, 9.17) is 15.0 Å². The van der Waals surface area contributed by atoms with Crippen LogP contribution in [0.3, 0.4) is 0 Å². The van der Waals surface area contributed by atoms with Gasteiger partial charge in [-0.3, -0.25) is 0 Å². The molecule has 1 aliphatic carbocycles. The highest BCUT2D eigenvalue weighted by atomic mass is 127. The lowest BCUT2D eigenvalue weighted by Crippen LogP contribution is -2.29. The van der Waals surface area contributed by atoms with Gasteiger partial charge in [-0.05, 0) is 72.0 Å². The predicted molar refractivity (Wildman–Crippen MR) is 139 cm³/mol. The minimum atomic E-state index is -0.183. The number of halogens is 1. The first kappa shape index (κ1) is 21.5. The Morgan fingerprint density at radius 1 is 0.969 bits per heavy atom. The molecule has 0 aliphatic heterocycles. The molecule has 0 atom stereocenters. The van der Waals surface area contributed by atoms with E-state index in [1.807, 2.05) is 30.3 Å². The second-order valence-electron chi connectivity index (χ2n) is 8.14. The van der Waals surface area contributed by atoms with E-state index in [2.05, 4.69) is 57.5 Å². The van der Waals surface area contributed by atoms with Crippen LogP contribution in [0.25, 0.3) is 10.2 Å². The number of fused-ring (bicyclic) bond motifs is 1. The van der Waals surface area contributed by atoms with Crippen molar-refractivity contribution in [3.8, 4) is 0 Å². The van der Waals surface area contributed by atoms with Crippen molar-refractivity contribution in [3.63, 3.8) is 0 Å². The predicted octanol–water partition coefficient (Wildman–Crippen LogP) is 5.74. The highest BCUT2D eigenvalue weighted by Gasteiger charge is 2.20. The monoisotopic (exact) mass is 557 g/mol. The molecule has 8 heteroatoms. The Morgan fingerprint density at radius 2 is 1.78 bits per heavy atom. The van der Waals surface area contributed by atoms with Crippen molar-refractivity contribution >= 4 is 61.0 Å². The lowest BCUT2D eigenvalue weighted by atomic mass is 9.93. The fraction of sp³-hybridized carbons (Fsp3) is 0.292. The Labute approximate surface area is 204 Å². The van der Waals surface area contributed by atoms with Gasteiger partial charge in [-0.2, -0.15) is 4.98 Å². The molecule has 5 rings (SSSR count). The minimum absolute atomic E-state index is 0.183. The highest BCUT2D eigenvalue weighted by molar-refractivity contribution is 14.1. The molecule has 2 heterocycles. The number of aromatic nitrogens is 3. The zero-order valence-electron chi connectivity index (χ0n) is 17.5. The largest absolute Gasteiger partial charge is 0.393 e. The Balaban J connectivity index is 1.42. The standard InChI is InChI=1S/C24H24IN5OS/c25-16-6-11-20-21(13-16)32-24(28-20)30-22-14-18(12-15-4-2-1-3-5-15)27-23(29-22)26-17-7-9-19(31)10-8-17/h1-6,11,13-14,17,19,31H,7-10,12H2,(H2,26,27,28,29,30)/t17-,19-. The zero-order valence-corrected chi connectivity index (χ0v) is 20.4. The van der Waals surface area contributed by atoms with Gasteiger partial charge in [0, 0.05) is 22.1 Å². The summed E-state index contributed by atoms with van der Waals surface area (Å²) in [7, 11) is 0. The summed E-state index contributed by atoms with van der Waals surface area (Å²) in [5.74, 6) is 1.36. The van der Waals surface area contributed by atoms with E-state index in [-0.39, 0.29) is 12.1 Å². The van der Waals surface area contributed by atoms with Crippen LogP contribution in [-0.2, 0) is 6.42 Å². The van der Waals surface area contributed by atoms with Crippen LogP contribution in [0, 0.1) is 3.57 Å². The van der Waals surface area contributed by atoms with E-state index in [9.17, 15) is 5.11 Å². The fourth-order valence-electron chi connectivity index (χ4n) is 3.99. The van der Waals surface area contributed by atoms with Gasteiger partial charge in [0.25, 0.3) is 0 Å². The van der Waals surface area contributed by atoms with Gasteiger partial charge in [0.1, 0.15) is 5.82 Å². The number of aliphatic hydroxyl groups is 1. The summed E-state index contributed by atoms with van der Waals surface area (Å²) in [6.07, 6.45) is 4.03. The van der Waals surface area contributed by atoms with Crippen molar-refractivity contribution in [2.24, 2.45) is 0 Å². The van der Waals surface area contributed by atoms with Gasteiger partial charge in [-0.25, -0.2) is 9.97 Å². The molecule has 1 saturated carbocycles. The van der Waals surface area contributed by atoms with Gasteiger partial charge in [-0.1, -0.05) is 41.7 Å². The first-order chi connectivity index (χ1) is 15.6. The number of nitrogens with zero attached hydrogens (tertiary/aromatic N) is 3. The lowest BCUT2D eigenvalue weighted by Gasteiger charge is -2.26. The number of aliphatic hydroxyl groups excluding tert-OH is 1. The van der Waals surface area contributed by atoms with Gasteiger partial charge in [-0.15, -0.1) is 0 Å². The Bertz CT molecular complexity index is 1210. The van der Waals surface area contributed by atoms with E-state index < -0.39 is 0 Å². The van der Waals surface area contributed by atoms with Crippen LogP contribution in [0.4, 0.5) is 16.9 Å². The molecule has 1 fully saturated rings. The number of thiazole rings is 1. The number of hydrogen-bond donors (Lipinski definition) is 3. The number of anilines is 3. The zero-order chi connectivity index (χ0) is 21.9. The van der Waals surface area contributed by atoms with Crippen LogP contribution in [0.15, 0.2) is 54.6 Å². The smallest absolute Gasteiger partial charge is 0.225 e. The molecule has 0 amide bonds. The number of rotatable bonds is 6. The van der Waals surface area contributed by atoms with E-state index in [0.717, 1.165) is 59.0 Å². The third-order valence-electron chi connectivity index (χ3n) is 5.62. The summed E-state index contributed by atoms with van der Waals surface area (Å²) in [6.45, 7) is 0. The van der Waals surface area contributed by atoms with Gasteiger partial charge in [0.15, 0.2) is 5.13 Å². The molecule has 2 aromatic heterocycles. The van der Waals surface area contributed by atoms with E-state index >= 15 is 0 Å². The van der Waals surface area contributed by atoms with Crippen LogP contribution >= 0.6 is 33.9 Å². The van der Waals surface area contributed by atoms with Crippen LogP contribution < -0.4 is 10.6 Å². The third-order valence-corrected chi connectivity index (χ3v) is 7.23. The quantitative estimate of drug-likeness (QED) is 0.263. The average Bonchev–Trinajstić information content (AvgIpc) is 3.17. The van der Waals surface area contributed by atoms with E-state index in [0.29, 0.717) is 5.95 Å². The molecule has 32 heavy (non-hydrogen) atoms. The molecule has 1 aliphatic rings. The summed E-state index contributed by atoms with van der Waals surface area (Å²) < 4.78 is 2.35. The molecule has 0 bridgehead atoms. The van der Waals surface area contributed by atoms with E-state index in [1.54, 1.807) is 11.3 Å². The van der Waals surface area contributed by atoms with Gasteiger partial charge in [0.05, 0.1) is 22.0 Å². The first-order valence-electron chi connectivity index (χ1n) is 10.8. The van der Waals surface area contributed by atoms with Crippen molar-refractivity contribution in [2.75, 3.05) is 10.6 Å². The van der Waals surface area contributed by atoms with Crippen LogP contribution in [0.5, 0.6) is 0 Å². The molecule has 164 valence electrons. The van der Waals surface area contributed by atoms with Crippen molar-refractivity contribution in [1.29, 1.82) is 0 Å². The molecule has 0 unspecified atom stereocenters. The SMILES string of the molecule is O[C@H]1CC[C@H](Nc2nc(Cc3ccccc3)cc(Nc3nc4ccc(I)cc4s3)n2)CC1. The maximum atomic E-state index is 9.81. The summed E-state index contributed by atoms with van der Waals surface area (Å²) in [5, 5.41) is 17.5. The number of nitrogens with one attached hydrogen (secondary N) is 2. The van der Waals surface area contributed by atoms with Gasteiger partial charge < -0.3 is 15.7 Å². The molecular weight excluding hydrogens is 533 g/mol. The molecule has 4 aromatic rings. The molecule has 2 aromatic carbocycles. The summed E-state index contributed by atoms with van der Waals surface area (Å²) in [6, 6.07) is 18.9. The Kier molecular flexibility index (Phi) is 6.52. The minimum Gasteiger partial charge on any atom is -0.393 e. The summed E-state index contributed by atoms with van der Waals surface area (Å²) >= 11 is 3.94. The van der Waals surface area contributed by atoms with Gasteiger partial charge >= 0.3 is 0 Å². The average molecular weight is 557 g/mol. The summed E-state index contributed by atoms with van der Waals surface area (Å²) in [4.78, 5) is 14.2. The lowest BCUT2D eigenvalue weighted by molar-refractivity contribution is 0.126. The number of benzene rings is 2. The normalized spacial score (nSPS) is 18.6. The second kappa shape index (κ2) is 9.68. The van der Waals surface area contributed by atoms with Crippen molar-refractivity contribution in [2.45, 2.75) is 44.2 Å². The van der Waals surface area contributed by atoms with Crippen LogP contribution in [0.2, 0.25) is 0 Å². The molecule has 0 saturated heterocycles. The van der Waals surface area contributed by atoms with Crippen molar-refractivity contribution in [1.82, 2.24) is 15.0 Å².